The molecule has 3 rings (SSSR count). The van der Waals surface area contributed by atoms with Gasteiger partial charge in [0.25, 0.3) is 0 Å². The van der Waals surface area contributed by atoms with Gasteiger partial charge in [0, 0.05) is 39.8 Å². The van der Waals surface area contributed by atoms with E-state index in [0.717, 1.165) is 38.2 Å². The fourth-order valence-electron chi connectivity index (χ4n) is 3.41. The highest BCUT2D eigenvalue weighted by Crippen LogP contribution is 2.20. The van der Waals surface area contributed by atoms with Crippen LogP contribution in [0.1, 0.15) is 18.1 Å². The highest BCUT2D eigenvalue weighted by atomic mass is 19.1. The molecule has 0 atom stereocenters. The first-order valence-corrected chi connectivity index (χ1v) is 9.60. The number of piperazine rings is 1. The molecule has 1 aliphatic rings. The standard InChI is InChI=1S/C22H28FN3O/c1-3-18-8-10-19(11-9-18)16-24(2)22(27)17-25-12-14-26(15-13-25)21-7-5-4-6-20(21)23/h4-11H,3,12-17H2,1-2H3. The Morgan fingerprint density at radius 1 is 1.00 bits per heavy atom. The molecule has 1 fully saturated rings. The van der Waals surface area contributed by atoms with Crippen molar-refractivity contribution in [1.29, 1.82) is 0 Å². The molecule has 1 amide bonds. The maximum atomic E-state index is 13.9. The third kappa shape index (κ3) is 5.07. The van der Waals surface area contributed by atoms with Crippen molar-refractivity contribution < 1.29 is 9.18 Å². The third-order valence-corrected chi connectivity index (χ3v) is 5.20. The van der Waals surface area contributed by atoms with Crippen molar-refractivity contribution >= 4 is 11.6 Å². The largest absolute Gasteiger partial charge is 0.367 e. The summed E-state index contributed by atoms with van der Waals surface area (Å²) < 4.78 is 13.9. The lowest BCUT2D eigenvalue weighted by molar-refractivity contribution is -0.131. The fourth-order valence-corrected chi connectivity index (χ4v) is 3.41. The van der Waals surface area contributed by atoms with E-state index in [1.807, 2.05) is 19.2 Å². The van der Waals surface area contributed by atoms with Crippen LogP contribution in [0.3, 0.4) is 0 Å². The van der Waals surface area contributed by atoms with Gasteiger partial charge in [-0.3, -0.25) is 9.69 Å². The number of halogens is 1. The molecule has 1 aliphatic heterocycles. The summed E-state index contributed by atoms with van der Waals surface area (Å²) in [7, 11) is 1.85. The molecule has 1 heterocycles. The Morgan fingerprint density at radius 2 is 1.63 bits per heavy atom. The summed E-state index contributed by atoms with van der Waals surface area (Å²) in [4.78, 5) is 18.5. The summed E-state index contributed by atoms with van der Waals surface area (Å²) >= 11 is 0. The molecule has 0 radical (unpaired) electrons. The molecule has 0 spiro atoms. The number of anilines is 1. The second kappa shape index (κ2) is 9.00. The van der Waals surface area contributed by atoms with Gasteiger partial charge in [-0.2, -0.15) is 0 Å². The van der Waals surface area contributed by atoms with E-state index < -0.39 is 0 Å². The minimum absolute atomic E-state index is 0.119. The summed E-state index contributed by atoms with van der Waals surface area (Å²) in [5.41, 5.74) is 3.10. The predicted octanol–water partition coefficient (Wildman–Crippen LogP) is 3.17. The fraction of sp³-hybridized carbons (Fsp3) is 0.409. The number of aryl methyl sites for hydroxylation is 1. The van der Waals surface area contributed by atoms with Gasteiger partial charge in [-0.15, -0.1) is 0 Å². The van der Waals surface area contributed by atoms with Crippen LogP contribution in [-0.2, 0) is 17.8 Å². The minimum Gasteiger partial charge on any atom is -0.367 e. The molecule has 0 aromatic heterocycles. The number of rotatable bonds is 6. The van der Waals surface area contributed by atoms with Gasteiger partial charge in [-0.1, -0.05) is 43.3 Å². The van der Waals surface area contributed by atoms with Gasteiger partial charge in [0.05, 0.1) is 12.2 Å². The van der Waals surface area contributed by atoms with Gasteiger partial charge >= 0.3 is 0 Å². The topological polar surface area (TPSA) is 26.8 Å². The van der Waals surface area contributed by atoms with Crippen LogP contribution in [-0.4, -0.2) is 55.5 Å². The molecular weight excluding hydrogens is 341 g/mol. The number of nitrogens with zero attached hydrogens (tertiary/aromatic N) is 3. The van der Waals surface area contributed by atoms with Crippen LogP contribution in [0.4, 0.5) is 10.1 Å². The molecule has 0 saturated carbocycles. The first-order chi connectivity index (χ1) is 13.1. The van der Waals surface area contributed by atoms with Crippen LogP contribution in [0.5, 0.6) is 0 Å². The molecular formula is C22H28FN3O. The maximum absolute atomic E-state index is 13.9. The van der Waals surface area contributed by atoms with Crippen LogP contribution in [0.2, 0.25) is 0 Å². The van der Waals surface area contributed by atoms with Gasteiger partial charge in [-0.25, -0.2) is 4.39 Å². The second-order valence-corrected chi connectivity index (χ2v) is 7.13. The quantitative estimate of drug-likeness (QED) is 0.783. The SMILES string of the molecule is CCc1ccc(CN(C)C(=O)CN2CCN(c3ccccc3F)CC2)cc1. The average molecular weight is 369 g/mol. The van der Waals surface area contributed by atoms with Gasteiger partial charge in [0.1, 0.15) is 5.82 Å². The lowest BCUT2D eigenvalue weighted by Crippen LogP contribution is -2.49. The Balaban J connectivity index is 1.47. The van der Waals surface area contributed by atoms with Crippen molar-refractivity contribution in [3.05, 3.63) is 65.5 Å². The first kappa shape index (κ1) is 19.4. The molecule has 27 heavy (non-hydrogen) atoms. The summed E-state index contributed by atoms with van der Waals surface area (Å²) in [6, 6.07) is 15.3. The Morgan fingerprint density at radius 3 is 2.26 bits per heavy atom. The summed E-state index contributed by atoms with van der Waals surface area (Å²) in [5, 5.41) is 0. The van der Waals surface area contributed by atoms with E-state index in [1.54, 1.807) is 11.0 Å². The lowest BCUT2D eigenvalue weighted by atomic mass is 10.1. The second-order valence-electron chi connectivity index (χ2n) is 7.13. The molecule has 0 N–H and O–H groups in total. The van der Waals surface area contributed by atoms with Gasteiger partial charge in [-0.05, 0) is 29.7 Å². The lowest BCUT2D eigenvalue weighted by Gasteiger charge is -2.36. The van der Waals surface area contributed by atoms with E-state index in [-0.39, 0.29) is 11.7 Å². The number of hydrogen-bond acceptors (Lipinski definition) is 3. The number of carbonyl (C=O) groups is 1. The van der Waals surface area contributed by atoms with Crippen molar-refractivity contribution in [3.63, 3.8) is 0 Å². The van der Waals surface area contributed by atoms with Crippen LogP contribution < -0.4 is 4.90 Å². The van der Waals surface area contributed by atoms with E-state index in [0.29, 0.717) is 18.8 Å². The highest BCUT2D eigenvalue weighted by molar-refractivity contribution is 5.78. The summed E-state index contributed by atoms with van der Waals surface area (Å²) in [6.07, 6.45) is 1.02. The zero-order chi connectivity index (χ0) is 19.2. The Kier molecular flexibility index (Phi) is 6.45. The third-order valence-electron chi connectivity index (χ3n) is 5.20. The van der Waals surface area contributed by atoms with Crippen LogP contribution >= 0.6 is 0 Å². The molecule has 5 heteroatoms. The van der Waals surface area contributed by atoms with Crippen molar-refractivity contribution in [2.24, 2.45) is 0 Å². The van der Waals surface area contributed by atoms with Crippen molar-refractivity contribution in [2.45, 2.75) is 19.9 Å². The monoisotopic (exact) mass is 369 g/mol. The first-order valence-electron chi connectivity index (χ1n) is 9.60. The molecule has 0 bridgehead atoms. The van der Waals surface area contributed by atoms with Gasteiger partial charge < -0.3 is 9.80 Å². The molecule has 4 nitrogen and oxygen atoms in total. The van der Waals surface area contributed by atoms with E-state index in [1.165, 1.54) is 11.6 Å². The molecule has 1 saturated heterocycles. The number of amides is 1. The zero-order valence-electron chi connectivity index (χ0n) is 16.2. The van der Waals surface area contributed by atoms with Crippen LogP contribution in [0.15, 0.2) is 48.5 Å². The number of likely N-dealkylation sites (N-methyl/N-ethyl adjacent to an activating group) is 1. The molecule has 144 valence electrons. The number of benzene rings is 2. The molecule has 0 aliphatic carbocycles. The molecule has 2 aromatic carbocycles. The van der Waals surface area contributed by atoms with Crippen molar-refractivity contribution in [1.82, 2.24) is 9.80 Å². The number of para-hydroxylation sites is 1. The Bertz CT molecular complexity index is 754. The molecule has 0 unspecified atom stereocenters. The van der Waals surface area contributed by atoms with Crippen molar-refractivity contribution in [3.8, 4) is 0 Å². The smallest absolute Gasteiger partial charge is 0.236 e. The highest BCUT2D eigenvalue weighted by Gasteiger charge is 2.22. The van der Waals surface area contributed by atoms with Crippen LogP contribution in [0, 0.1) is 5.82 Å². The average Bonchev–Trinajstić information content (AvgIpc) is 2.69. The predicted molar refractivity (Wildman–Crippen MR) is 107 cm³/mol. The zero-order valence-corrected chi connectivity index (χ0v) is 16.2. The van der Waals surface area contributed by atoms with E-state index in [4.69, 9.17) is 0 Å². The van der Waals surface area contributed by atoms with E-state index >= 15 is 0 Å². The molecule has 2 aromatic rings. The summed E-state index contributed by atoms with van der Waals surface area (Å²) in [6.45, 7) is 6.16. The van der Waals surface area contributed by atoms with E-state index in [2.05, 4.69) is 41.0 Å². The minimum atomic E-state index is -0.184. The Labute approximate surface area is 161 Å². The maximum Gasteiger partial charge on any atom is 0.236 e. The number of carbonyl (C=O) groups excluding carboxylic acids is 1. The van der Waals surface area contributed by atoms with Crippen molar-refractivity contribution in [2.75, 3.05) is 44.7 Å². The van der Waals surface area contributed by atoms with Gasteiger partial charge in [0.15, 0.2) is 0 Å². The van der Waals surface area contributed by atoms with Crippen LogP contribution in [0.25, 0.3) is 0 Å². The van der Waals surface area contributed by atoms with E-state index in [9.17, 15) is 9.18 Å². The summed E-state index contributed by atoms with van der Waals surface area (Å²) in [5.74, 6) is -0.0650. The Hall–Kier alpha value is -2.40. The van der Waals surface area contributed by atoms with Gasteiger partial charge in [0.2, 0.25) is 5.91 Å². The normalized spacial score (nSPS) is 15.0. The number of hydrogen-bond donors (Lipinski definition) is 0.